The lowest BCUT2D eigenvalue weighted by molar-refractivity contribution is -0.138. The lowest BCUT2D eigenvalue weighted by atomic mass is 10.1. The fourth-order valence-electron chi connectivity index (χ4n) is 1.44. The van der Waals surface area contributed by atoms with Crippen molar-refractivity contribution >= 4 is 16.7 Å². The van der Waals surface area contributed by atoms with Gasteiger partial charge in [0.1, 0.15) is 0 Å². The van der Waals surface area contributed by atoms with Gasteiger partial charge in [0.05, 0.1) is 11.3 Å². The quantitative estimate of drug-likeness (QED) is 0.783. The fourth-order valence-corrected chi connectivity index (χ4v) is 2.07. The summed E-state index contributed by atoms with van der Waals surface area (Å²) in [6.45, 7) is 6.73. The molecule has 0 spiro atoms. The van der Waals surface area contributed by atoms with Gasteiger partial charge in [0.15, 0.2) is 0 Å². The standard InChI is InChI=1S/C12H12F3NS/c1-4-10(17-5-2)11-8(3)9(6-7-16-11)12(13,14)15/h4-7H,2H2,1,3H3/b10-4-. The van der Waals surface area contributed by atoms with Crippen LogP contribution in [0.3, 0.4) is 0 Å². The molecule has 1 nitrogen and oxygen atoms in total. The Hall–Kier alpha value is -1.23. The van der Waals surface area contributed by atoms with Crippen LogP contribution in [0.25, 0.3) is 4.91 Å². The average molecular weight is 259 g/mol. The van der Waals surface area contributed by atoms with Gasteiger partial charge in [0, 0.05) is 11.1 Å². The highest BCUT2D eigenvalue weighted by molar-refractivity contribution is 8.10. The number of aromatic nitrogens is 1. The molecule has 0 aromatic carbocycles. The molecule has 17 heavy (non-hydrogen) atoms. The van der Waals surface area contributed by atoms with E-state index in [9.17, 15) is 13.2 Å². The summed E-state index contributed by atoms with van der Waals surface area (Å²) in [5.41, 5.74) is -0.152. The van der Waals surface area contributed by atoms with Gasteiger partial charge in [-0.2, -0.15) is 13.2 Å². The molecular weight excluding hydrogens is 247 g/mol. The number of thioether (sulfide) groups is 1. The second kappa shape index (κ2) is 5.40. The molecule has 0 saturated heterocycles. The second-order valence-electron chi connectivity index (χ2n) is 3.27. The first-order valence-corrected chi connectivity index (χ1v) is 5.76. The first-order chi connectivity index (χ1) is 7.91. The molecule has 0 aliphatic carbocycles. The molecule has 5 heteroatoms. The summed E-state index contributed by atoms with van der Waals surface area (Å²) in [6.07, 6.45) is -1.44. The number of hydrogen-bond acceptors (Lipinski definition) is 2. The van der Waals surface area contributed by atoms with Crippen LogP contribution in [-0.2, 0) is 6.18 Å². The minimum Gasteiger partial charge on any atom is -0.255 e. The average Bonchev–Trinajstić information content (AvgIpc) is 2.25. The highest BCUT2D eigenvalue weighted by atomic mass is 32.2. The summed E-state index contributed by atoms with van der Waals surface area (Å²) < 4.78 is 38.1. The summed E-state index contributed by atoms with van der Waals surface area (Å²) >= 11 is 1.26. The van der Waals surface area contributed by atoms with Crippen molar-refractivity contribution in [2.45, 2.75) is 20.0 Å². The number of rotatable bonds is 3. The van der Waals surface area contributed by atoms with Gasteiger partial charge in [0.2, 0.25) is 0 Å². The Morgan fingerprint density at radius 3 is 2.59 bits per heavy atom. The predicted octanol–water partition coefficient (Wildman–Crippen LogP) is 4.65. The molecule has 0 saturated carbocycles. The van der Waals surface area contributed by atoms with Gasteiger partial charge >= 0.3 is 6.18 Å². The van der Waals surface area contributed by atoms with Crippen molar-refractivity contribution in [3.8, 4) is 0 Å². The lowest BCUT2D eigenvalue weighted by Crippen LogP contribution is -2.09. The number of hydrogen-bond donors (Lipinski definition) is 0. The molecule has 1 heterocycles. The van der Waals surface area contributed by atoms with Crippen LogP contribution in [0.1, 0.15) is 23.7 Å². The minimum absolute atomic E-state index is 0.141. The van der Waals surface area contributed by atoms with Crippen LogP contribution < -0.4 is 0 Å². The molecule has 1 aromatic heterocycles. The summed E-state index contributed by atoms with van der Waals surface area (Å²) in [5, 5.41) is 1.57. The van der Waals surface area contributed by atoms with Gasteiger partial charge in [-0.3, -0.25) is 4.98 Å². The maximum Gasteiger partial charge on any atom is 0.416 e. The van der Waals surface area contributed by atoms with Crippen LogP contribution in [-0.4, -0.2) is 4.98 Å². The third-order valence-electron chi connectivity index (χ3n) is 2.22. The summed E-state index contributed by atoms with van der Waals surface area (Å²) in [6, 6.07) is 0.991. The molecule has 92 valence electrons. The molecule has 0 unspecified atom stereocenters. The maximum absolute atomic E-state index is 12.7. The van der Waals surface area contributed by atoms with Crippen molar-refractivity contribution in [3.05, 3.63) is 47.1 Å². The van der Waals surface area contributed by atoms with E-state index in [-0.39, 0.29) is 5.56 Å². The van der Waals surface area contributed by atoms with E-state index in [0.29, 0.717) is 10.6 Å². The molecule has 0 aliphatic heterocycles. The zero-order valence-electron chi connectivity index (χ0n) is 9.51. The van der Waals surface area contributed by atoms with Crippen LogP contribution in [0.15, 0.2) is 30.3 Å². The number of alkyl halides is 3. The lowest BCUT2D eigenvalue weighted by Gasteiger charge is -2.13. The Kier molecular flexibility index (Phi) is 4.40. The fraction of sp³-hybridized carbons (Fsp3) is 0.250. The number of halogens is 3. The van der Waals surface area contributed by atoms with Crippen LogP contribution in [0, 0.1) is 6.92 Å². The van der Waals surface area contributed by atoms with Gasteiger partial charge < -0.3 is 0 Å². The van der Waals surface area contributed by atoms with Gasteiger partial charge in [-0.05, 0) is 30.9 Å². The first-order valence-electron chi connectivity index (χ1n) is 4.88. The van der Waals surface area contributed by atoms with E-state index >= 15 is 0 Å². The summed E-state index contributed by atoms with van der Waals surface area (Å²) in [7, 11) is 0. The Bertz CT molecular complexity index is 450. The van der Waals surface area contributed by atoms with Crippen molar-refractivity contribution in [2.24, 2.45) is 0 Å². The number of pyridine rings is 1. The van der Waals surface area contributed by atoms with Crippen LogP contribution in [0.2, 0.25) is 0 Å². The van der Waals surface area contributed by atoms with E-state index < -0.39 is 11.7 Å². The van der Waals surface area contributed by atoms with Crippen LogP contribution >= 0.6 is 11.8 Å². The molecule has 1 aromatic rings. The highest BCUT2D eigenvalue weighted by Gasteiger charge is 2.33. The maximum atomic E-state index is 12.7. The SMILES string of the molecule is C=CS/C(=C\C)c1nccc(C(F)(F)F)c1C. The van der Waals surface area contributed by atoms with Gasteiger partial charge in [-0.1, -0.05) is 24.4 Å². The Balaban J connectivity index is 3.32. The third-order valence-corrected chi connectivity index (χ3v) is 3.06. The second-order valence-corrected chi connectivity index (χ2v) is 4.28. The molecular formula is C12H12F3NS. The Labute approximate surface area is 102 Å². The van der Waals surface area contributed by atoms with E-state index in [4.69, 9.17) is 0 Å². The molecule has 0 fully saturated rings. The van der Waals surface area contributed by atoms with Gasteiger partial charge in [0.25, 0.3) is 0 Å². The molecule has 1 rings (SSSR count). The largest absolute Gasteiger partial charge is 0.416 e. The van der Waals surface area contributed by atoms with Crippen LogP contribution in [0.5, 0.6) is 0 Å². The minimum atomic E-state index is -4.35. The predicted molar refractivity (Wildman–Crippen MR) is 65.4 cm³/mol. The van der Waals surface area contributed by atoms with Gasteiger partial charge in [-0.25, -0.2) is 0 Å². The Morgan fingerprint density at radius 1 is 1.47 bits per heavy atom. The van der Waals surface area contributed by atoms with E-state index in [0.717, 1.165) is 6.07 Å². The topological polar surface area (TPSA) is 12.9 Å². The summed E-state index contributed by atoms with van der Waals surface area (Å²) in [5.74, 6) is 0. The molecule has 0 aliphatic rings. The Morgan fingerprint density at radius 2 is 2.12 bits per heavy atom. The van der Waals surface area contributed by atoms with Crippen molar-refractivity contribution in [1.82, 2.24) is 4.98 Å². The molecule has 0 atom stereocenters. The smallest absolute Gasteiger partial charge is 0.255 e. The zero-order chi connectivity index (χ0) is 13.1. The van der Waals surface area contributed by atoms with Gasteiger partial charge in [-0.15, -0.1) is 0 Å². The van der Waals surface area contributed by atoms with Crippen molar-refractivity contribution in [2.75, 3.05) is 0 Å². The molecule has 0 radical (unpaired) electrons. The highest BCUT2D eigenvalue weighted by Crippen LogP contribution is 2.36. The normalized spacial score (nSPS) is 12.6. The van der Waals surface area contributed by atoms with Crippen LogP contribution in [0.4, 0.5) is 13.2 Å². The summed E-state index contributed by atoms with van der Waals surface area (Å²) in [4.78, 5) is 4.68. The third kappa shape index (κ3) is 3.12. The van der Waals surface area contributed by atoms with Crippen molar-refractivity contribution in [3.63, 3.8) is 0 Å². The van der Waals surface area contributed by atoms with E-state index in [2.05, 4.69) is 11.6 Å². The van der Waals surface area contributed by atoms with E-state index in [1.54, 1.807) is 18.4 Å². The molecule has 0 bridgehead atoms. The number of nitrogens with zero attached hydrogens (tertiary/aromatic N) is 1. The van der Waals surface area contributed by atoms with E-state index in [1.165, 1.54) is 24.9 Å². The first kappa shape index (κ1) is 13.8. The molecule has 0 amide bonds. The van der Waals surface area contributed by atoms with Crippen molar-refractivity contribution < 1.29 is 13.2 Å². The van der Waals surface area contributed by atoms with E-state index in [1.807, 2.05) is 0 Å². The monoisotopic (exact) mass is 259 g/mol. The molecule has 0 N–H and O–H groups in total. The number of allylic oxidation sites excluding steroid dienone is 1. The van der Waals surface area contributed by atoms with Crippen molar-refractivity contribution in [1.29, 1.82) is 0 Å². The zero-order valence-corrected chi connectivity index (χ0v) is 10.3.